The van der Waals surface area contributed by atoms with E-state index in [1.54, 1.807) is 23.1 Å². The van der Waals surface area contributed by atoms with Crippen LogP contribution in [0.5, 0.6) is 0 Å². The Kier molecular flexibility index (Phi) is 6.57. The van der Waals surface area contributed by atoms with Crippen molar-refractivity contribution < 1.29 is 9.53 Å². The molecule has 0 spiro atoms. The standard InChI is InChI=1S/C25H24N4O2S2/c1-18-8-10-20(11-9-18)29-23(22-7-4-16-32-22)26-27-25(29)33-17-19-5-2-3-6-21(19)24(30)28-12-14-31-15-13-28/h2-11,16H,12-15,17H2,1H3. The molecule has 0 bridgehead atoms. The predicted octanol–water partition coefficient (Wildman–Crippen LogP) is 5.07. The van der Waals surface area contributed by atoms with Gasteiger partial charge in [0.25, 0.3) is 5.91 Å². The monoisotopic (exact) mass is 476 g/mol. The maximum absolute atomic E-state index is 13.1. The van der Waals surface area contributed by atoms with Gasteiger partial charge in [-0.15, -0.1) is 21.5 Å². The molecule has 2 aromatic heterocycles. The number of benzene rings is 2. The summed E-state index contributed by atoms with van der Waals surface area (Å²) in [6.07, 6.45) is 0. The number of carbonyl (C=O) groups excluding carboxylic acids is 1. The van der Waals surface area contributed by atoms with Gasteiger partial charge in [-0.1, -0.05) is 53.7 Å². The number of rotatable bonds is 6. The van der Waals surface area contributed by atoms with Gasteiger partial charge in [-0.2, -0.15) is 0 Å². The number of carbonyl (C=O) groups is 1. The van der Waals surface area contributed by atoms with E-state index in [2.05, 4.69) is 52.0 Å². The van der Waals surface area contributed by atoms with E-state index in [0.29, 0.717) is 32.1 Å². The maximum atomic E-state index is 13.1. The largest absolute Gasteiger partial charge is 0.378 e. The maximum Gasteiger partial charge on any atom is 0.254 e. The summed E-state index contributed by atoms with van der Waals surface area (Å²) in [5.74, 6) is 1.52. The Bertz CT molecular complexity index is 1230. The fraction of sp³-hybridized carbons (Fsp3) is 0.240. The molecule has 3 heterocycles. The number of amides is 1. The van der Waals surface area contributed by atoms with Crippen LogP contribution in [-0.2, 0) is 10.5 Å². The SMILES string of the molecule is Cc1ccc(-n2c(SCc3ccccc3C(=O)N3CCOCC3)nnc2-c2cccs2)cc1. The minimum atomic E-state index is 0.0637. The van der Waals surface area contributed by atoms with E-state index < -0.39 is 0 Å². The minimum absolute atomic E-state index is 0.0637. The fourth-order valence-electron chi connectivity index (χ4n) is 3.79. The Balaban J connectivity index is 1.44. The molecule has 168 valence electrons. The molecule has 8 heteroatoms. The Morgan fingerprint density at radius 2 is 1.82 bits per heavy atom. The van der Waals surface area contributed by atoms with Crippen molar-refractivity contribution in [3.05, 3.63) is 82.7 Å². The van der Waals surface area contributed by atoms with Crippen LogP contribution in [0.2, 0.25) is 0 Å². The first kappa shape index (κ1) is 21.9. The van der Waals surface area contributed by atoms with Gasteiger partial charge < -0.3 is 9.64 Å². The second-order valence-corrected chi connectivity index (χ2v) is 9.70. The molecule has 6 nitrogen and oxygen atoms in total. The summed E-state index contributed by atoms with van der Waals surface area (Å²) in [6.45, 7) is 4.52. The quantitative estimate of drug-likeness (QED) is 0.364. The summed E-state index contributed by atoms with van der Waals surface area (Å²) in [6, 6.07) is 20.3. The van der Waals surface area contributed by atoms with Crippen LogP contribution in [0.15, 0.2) is 71.2 Å². The van der Waals surface area contributed by atoms with Crippen molar-refractivity contribution in [1.82, 2.24) is 19.7 Å². The second kappa shape index (κ2) is 9.91. The normalized spacial score (nSPS) is 13.9. The fourth-order valence-corrected chi connectivity index (χ4v) is 5.44. The predicted molar refractivity (Wildman–Crippen MR) is 132 cm³/mol. The van der Waals surface area contributed by atoms with E-state index in [1.165, 1.54) is 5.56 Å². The topological polar surface area (TPSA) is 60.2 Å². The molecular formula is C25H24N4O2S2. The molecule has 0 unspecified atom stereocenters. The Hall–Kier alpha value is -2.94. The molecular weight excluding hydrogens is 452 g/mol. The van der Waals surface area contributed by atoms with Crippen LogP contribution in [0.3, 0.4) is 0 Å². The lowest BCUT2D eigenvalue weighted by Crippen LogP contribution is -2.41. The molecule has 1 saturated heterocycles. The average Bonchev–Trinajstić information content (AvgIpc) is 3.54. The number of aromatic nitrogens is 3. The van der Waals surface area contributed by atoms with Gasteiger partial charge in [-0.05, 0) is 42.1 Å². The average molecular weight is 477 g/mol. The molecule has 0 atom stereocenters. The van der Waals surface area contributed by atoms with E-state index in [9.17, 15) is 4.79 Å². The second-order valence-electron chi connectivity index (χ2n) is 7.80. The lowest BCUT2D eigenvalue weighted by atomic mass is 10.1. The van der Waals surface area contributed by atoms with Crippen molar-refractivity contribution in [2.24, 2.45) is 0 Å². The summed E-state index contributed by atoms with van der Waals surface area (Å²) in [5.41, 5.74) is 3.96. The van der Waals surface area contributed by atoms with Gasteiger partial charge in [0, 0.05) is 30.1 Å². The number of aryl methyl sites for hydroxylation is 1. The summed E-state index contributed by atoms with van der Waals surface area (Å²) < 4.78 is 7.50. The van der Waals surface area contributed by atoms with E-state index in [4.69, 9.17) is 4.74 Å². The van der Waals surface area contributed by atoms with Gasteiger partial charge in [0.1, 0.15) is 0 Å². The number of hydrogen-bond donors (Lipinski definition) is 0. The third-order valence-electron chi connectivity index (χ3n) is 5.57. The highest BCUT2D eigenvalue weighted by Crippen LogP contribution is 2.32. The van der Waals surface area contributed by atoms with Crippen molar-refractivity contribution in [2.75, 3.05) is 26.3 Å². The number of thioether (sulfide) groups is 1. The molecule has 4 aromatic rings. The summed E-state index contributed by atoms with van der Waals surface area (Å²) in [5, 5.41) is 11.9. The zero-order chi connectivity index (χ0) is 22.6. The molecule has 5 rings (SSSR count). The Labute approximate surface area is 201 Å². The molecule has 0 aliphatic carbocycles. The number of ether oxygens (including phenoxy) is 1. The molecule has 1 amide bonds. The van der Waals surface area contributed by atoms with Crippen LogP contribution in [0.25, 0.3) is 16.4 Å². The van der Waals surface area contributed by atoms with E-state index >= 15 is 0 Å². The molecule has 1 aliphatic rings. The highest BCUT2D eigenvalue weighted by Gasteiger charge is 2.22. The van der Waals surface area contributed by atoms with E-state index in [0.717, 1.165) is 32.7 Å². The highest BCUT2D eigenvalue weighted by atomic mass is 32.2. The zero-order valence-corrected chi connectivity index (χ0v) is 19.9. The first-order valence-corrected chi connectivity index (χ1v) is 12.7. The summed E-state index contributed by atoms with van der Waals surface area (Å²) in [4.78, 5) is 16.1. The van der Waals surface area contributed by atoms with Crippen LogP contribution in [0.4, 0.5) is 0 Å². The first-order valence-electron chi connectivity index (χ1n) is 10.8. The van der Waals surface area contributed by atoms with Gasteiger partial charge in [0.05, 0.1) is 18.1 Å². The number of morpholine rings is 1. The molecule has 2 aromatic carbocycles. The van der Waals surface area contributed by atoms with Crippen LogP contribution < -0.4 is 0 Å². The number of nitrogens with zero attached hydrogens (tertiary/aromatic N) is 4. The van der Waals surface area contributed by atoms with Crippen LogP contribution in [0, 0.1) is 6.92 Å². The minimum Gasteiger partial charge on any atom is -0.378 e. The molecule has 0 saturated carbocycles. The summed E-state index contributed by atoms with van der Waals surface area (Å²) in [7, 11) is 0. The molecule has 1 aliphatic heterocycles. The smallest absolute Gasteiger partial charge is 0.254 e. The van der Waals surface area contributed by atoms with E-state index in [-0.39, 0.29) is 5.91 Å². The van der Waals surface area contributed by atoms with Crippen molar-refractivity contribution in [1.29, 1.82) is 0 Å². The van der Waals surface area contributed by atoms with Crippen molar-refractivity contribution in [2.45, 2.75) is 17.8 Å². The lowest BCUT2D eigenvalue weighted by molar-refractivity contribution is 0.0302. The molecule has 0 radical (unpaired) electrons. The Morgan fingerprint density at radius 3 is 2.58 bits per heavy atom. The van der Waals surface area contributed by atoms with Crippen LogP contribution in [-0.4, -0.2) is 51.9 Å². The molecule has 1 fully saturated rings. The zero-order valence-electron chi connectivity index (χ0n) is 18.3. The number of hydrogen-bond acceptors (Lipinski definition) is 6. The summed E-state index contributed by atoms with van der Waals surface area (Å²) >= 11 is 3.24. The molecule has 33 heavy (non-hydrogen) atoms. The highest BCUT2D eigenvalue weighted by molar-refractivity contribution is 7.98. The third-order valence-corrected chi connectivity index (χ3v) is 7.41. The van der Waals surface area contributed by atoms with Crippen molar-refractivity contribution in [3.63, 3.8) is 0 Å². The van der Waals surface area contributed by atoms with Gasteiger partial charge in [0.2, 0.25) is 0 Å². The van der Waals surface area contributed by atoms with Gasteiger partial charge in [0.15, 0.2) is 11.0 Å². The number of thiophene rings is 1. The lowest BCUT2D eigenvalue weighted by Gasteiger charge is -2.27. The van der Waals surface area contributed by atoms with E-state index in [1.807, 2.05) is 40.6 Å². The first-order chi connectivity index (χ1) is 16.2. The molecule has 0 N–H and O–H groups in total. The van der Waals surface area contributed by atoms with Gasteiger partial charge in [-0.25, -0.2) is 0 Å². The van der Waals surface area contributed by atoms with Crippen molar-refractivity contribution in [3.8, 4) is 16.4 Å². The van der Waals surface area contributed by atoms with Crippen molar-refractivity contribution >= 4 is 29.0 Å². The third kappa shape index (κ3) is 4.73. The van der Waals surface area contributed by atoms with Gasteiger partial charge >= 0.3 is 0 Å². The van der Waals surface area contributed by atoms with Crippen LogP contribution in [0.1, 0.15) is 21.5 Å². The van der Waals surface area contributed by atoms with Gasteiger partial charge in [-0.3, -0.25) is 9.36 Å². The Morgan fingerprint density at radius 1 is 1.03 bits per heavy atom. The van der Waals surface area contributed by atoms with Crippen LogP contribution >= 0.6 is 23.1 Å².